The van der Waals surface area contributed by atoms with Crippen LogP contribution >= 0.6 is 0 Å². The molecule has 10 aliphatic rings. The van der Waals surface area contributed by atoms with Gasteiger partial charge in [-0.2, -0.15) is 8.42 Å². The number of allylic oxidation sites excluding steroid dienone is 3. The van der Waals surface area contributed by atoms with Crippen LogP contribution in [-0.4, -0.2) is 267 Å². The molecule has 9 fully saturated rings. The van der Waals surface area contributed by atoms with E-state index in [1.165, 1.54) is 6.92 Å². The average Bonchev–Trinajstić information content (AvgIpc) is 1.43. The van der Waals surface area contributed by atoms with Gasteiger partial charge in [0.25, 0.3) is 0 Å². The molecule has 0 bridgehead atoms. The van der Waals surface area contributed by atoms with Crippen molar-refractivity contribution in [1.82, 2.24) is 0 Å². The molecule has 10 rings (SSSR count). The van der Waals surface area contributed by atoms with Crippen molar-refractivity contribution in [3.63, 3.8) is 0 Å². The minimum absolute atomic E-state index is 0.0249. The van der Waals surface area contributed by atoms with Gasteiger partial charge in [-0.15, -0.1) is 0 Å². The standard InChI is InChI=1S/C58H90O29S/c1-23(2)12-16-57(8)47-27(61)18-56(7)26-10-11-32-54(4,5)33(14-15-55(32,6)25(26)13-17-58(47,56)53(71)86-57)81-51-45(37(66)31(22-77-51)87-88(72,73)74)85-52-46(84-48-38(67)34(63)28(62)21-76-48)39(68)42(24(3)78-52)82-50-41(70)44(36(65)30(20-60)80-50)83-49-40(69)43(75-9)35(64)29(19-59)79-49/h10,12,24-25,28-52,59-60,62-70H,11,13-22H2,1-9H3,(H,72,73,74)/t24-,25?,28-,29-,30-,31-,32?,33+,34+,35-,36-,37+,38-,39+,40-,41-,42-,43+,44+,45-,46-,47?,48+,49+,50+,51+,52+,55-,56+,57+,58?/m1/s1. The Morgan fingerprint density at radius 3 is 1.89 bits per heavy atom. The van der Waals surface area contributed by atoms with Crippen molar-refractivity contribution >= 4 is 22.2 Å². The Labute approximate surface area is 509 Å². The van der Waals surface area contributed by atoms with Gasteiger partial charge in [0, 0.05) is 25.4 Å². The summed E-state index contributed by atoms with van der Waals surface area (Å²) in [5.74, 6) is -1.02. The Hall–Kier alpha value is -2.39. The third-order valence-electron chi connectivity index (χ3n) is 21.5. The van der Waals surface area contributed by atoms with E-state index in [2.05, 4.69) is 19.9 Å². The smallest absolute Gasteiger partial charge is 0.397 e. The summed E-state index contributed by atoms with van der Waals surface area (Å²) in [5.41, 5.74) is -1.75. The number of aliphatic hydroxyl groups excluding tert-OH is 11. The monoisotopic (exact) mass is 1280 g/mol. The summed E-state index contributed by atoms with van der Waals surface area (Å²) in [7, 11) is -4.11. The van der Waals surface area contributed by atoms with E-state index in [9.17, 15) is 78.7 Å². The van der Waals surface area contributed by atoms with Gasteiger partial charge in [0.1, 0.15) is 115 Å². The van der Waals surface area contributed by atoms with E-state index in [-0.39, 0.29) is 35.4 Å². The van der Waals surface area contributed by atoms with Gasteiger partial charge in [-0.25, -0.2) is 4.18 Å². The van der Waals surface area contributed by atoms with Crippen molar-refractivity contribution in [3.8, 4) is 0 Å². The first-order chi connectivity index (χ1) is 41.2. The van der Waals surface area contributed by atoms with Crippen molar-refractivity contribution in [3.05, 3.63) is 23.3 Å². The van der Waals surface area contributed by atoms with Crippen LogP contribution in [0.3, 0.4) is 0 Å². The van der Waals surface area contributed by atoms with Gasteiger partial charge in [0.05, 0.1) is 50.0 Å². The van der Waals surface area contributed by atoms with Crippen LogP contribution in [0, 0.1) is 39.4 Å². The van der Waals surface area contributed by atoms with Crippen molar-refractivity contribution in [2.24, 2.45) is 39.4 Å². The number of carbonyl (C=O) groups is 2. The van der Waals surface area contributed by atoms with Gasteiger partial charge in [-0.05, 0) is 82.5 Å². The van der Waals surface area contributed by atoms with Crippen LogP contribution in [0.25, 0.3) is 0 Å². The number of fused-ring (bicyclic) bond motifs is 4. The molecule has 3 saturated carbocycles. The number of cyclic esters (lactones) is 1. The number of ether oxygens (including phenoxy) is 12. The number of carbonyl (C=O) groups excluding carboxylic acids is 2. The molecule has 4 aliphatic carbocycles. The molecule has 0 aromatic rings. The maximum atomic E-state index is 14.4. The number of ketones is 1. The highest BCUT2D eigenvalue weighted by molar-refractivity contribution is 7.80. The highest BCUT2D eigenvalue weighted by atomic mass is 32.3. The fourth-order valence-electron chi connectivity index (χ4n) is 16.9. The molecule has 31 atom stereocenters. The molecule has 1 spiro atoms. The van der Waals surface area contributed by atoms with Crippen LogP contribution in [0.5, 0.6) is 0 Å². The van der Waals surface area contributed by atoms with Crippen LogP contribution in [0.15, 0.2) is 23.3 Å². The minimum atomic E-state index is -5.27. The zero-order valence-electron chi connectivity index (χ0n) is 50.7. The average molecular weight is 1280 g/mol. The van der Waals surface area contributed by atoms with E-state index >= 15 is 0 Å². The highest BCUT2D eigenvalue weighted by Gasteiger charge is 2.79. The maximum Gasteiger partial charge on any atom is 0.397 e. The Bertz CT molecular complexity index is 2700. The van der Waals surface area contributed by atoms with Crippen molar-refractivity contribution in [1.29, 1.82) is 0 Å². The lowest BCUT2D eigenvalue weighted by molar-refractivity contribution is -0.403. The number of methoxy groups -OCH3 is 1. The molecule has 502 valence electrons. The van der Waals surface area contributed by atoms with E-state index in [0.29, 0.717) is 38.5 Å². The van der Waals surface area contributed by atoms with E-state index < -0.39 is 212 Å². The quantitative estimate of drug-likeness (QED) is 0.0414. The van der Waals surface area contributed by atoms with Crippen molar-refractivity contribution in [2.45, 2.75) is 253 Å². The van der Waals surface area contributed by atoms with Crippen LogP contribution in [0.1, 0.15) is 100 Å². The van der Waals surface area contributed by atoms with E-state index in [4.69, 9.17) is 61.0 Å². The minimum Gasteiger partial charge on any atom is -0.458 e. The summed E-state index contributed by atoms with van der Waals surface area (Å²) in [5, 5.41) is 122. The van der Waals surface area contributed by atoms with Crippen molar-refractivity contribution < 1.29 is 140 Å². The first kappa shape index (κ1) is 68.5. The molecule has 29 nitrogen and oxygen atoms in total. The zero-order valence-corrected chi connectivity index (χ0v) is 51.6. The summed E-state index contributed by atoms with van der Waals surface area (Å²) in [4.78, 5) is 28.8. The lowest BCUT2D eigenvalue weighted by atomic mass is 9.41. The molecule has 0 aromatic carbocycles. The Balaban J connectivity index is 0.913. The predicted octanol–water partition coefficient (Wildman–Crippen LogP) is -2.31. The van der Waals surface area contributed by atoms with Crippen LogP contribution in [0.2, 0.25) is 0 Å². The van der Waals surface area contributed by atoms with E-state index in [0.717, 1.165) is 18.3 Å². The largest absolute Gasteiger partial charge is 0.458 e. The molecule has 88 heavy (non-hydrogen) atoms. The van der Waals surface area contributed by atoms with E-state index in [1.54, 1.807) is 0 Å². The number of aliphatic hydroxyl groups is 11. The predicted molar refractivity (Wildman–Crippen MR) is 293 cm³/mol. The second kappa shape index (κ2) is 25.4. The molecular weight excluding hydrogens is 1190 g/mol. The molecule has 0 radical (unpaired) electrons. The Kier molecular flexibility index (Phi) is 19.8. The molecule has 6 aliphatic heterocycles. The summed E-state index contributed by atoms with van der Waals surface area (Å²) < 4.78 is 112. The molecule has 0 amide bonds. The van der Waals surface area contributed by atoms with Gasteiger partial charge >= 0.3 is 16.4 Å². The maximum absolute atomic E-state index is 14.4. The van der Waals surface area contributed by atoms with Crippen molar-refractivity contribution in [2.75, 3.05) is 33.5 Å². The van der Waals surface area contributed by atoms with Gasteiger partial charge in [-0.3, -0.25) is 14.1 Å². The fraction of sp³-hybridized carbons (Fsp3) is 0.897. The summed E-state index contributed by atoms with van der Waals surface area (Å²) in [6, 6.07) is 0. The van der Waals surface area contributed by atoms with E-state index in [1.807, 2.05) is 40.7 Å². The second-order valence-corrected chi connectivity index (χ2v) is 28.4. The Morgan fingerprint density at radius 1 is 0.670 bits per heavy atom. The normalized spacial score (nSPS) is 51.1. The topological polar surface area (TPSA) is 431 Å². The zero-order chi connectivity index (χ0) is 64.3. The summed E-state index contributed by atoms with van der Waals surface area (Å²) in [6.45, 7) is 12.6. The van der Waals surface area contributed by atoms with Crippen LogP contribution in [0.4, 0.5) is 0 Å². The SMILES string of the molecule is CO[C@@H]1[C@@H](O)[C@H](O[C@@H]2[C@@H](O)[C@H](O[C@H]3[C@H](O)[C@@H](O[C@@H]4OC[C@@H](O)[C@H](O)[C@H]4O)[C@H](O[C@H]4[C@H](O[C@H]5CC[C@]6(C)C7CCC89C(=O)O[C@@](C)(CC=C(C)C)C8C(=O)C[C@@]9(C)C7=CCC6C5(C)C)OC[C@@H](OS(=O)(=O)O)[C@@H]4O)O[C@@H]3C)O[C@H](CO)[C@H]2O)O[C@H](CO)[C@H]1O. The molecule has 6 heterocycles. The number of esters is 1. The first-order valence-corrected chi connectivity index (χ1v) is 31.7. The van der Waals surface area contributed by atoms with Gasteiger partial charge in [0.15, 0.2) is 31.5 Å². The fourth-order valence-corrected chi connectivity index (χ4v) is 17.3. The third kappa shape index (κ3) is 11.7. The molecular formula is C58H90O29S. The van der Waals surface area contributed by atoms with Gasteiger partial charge < -0.3 is 113 Å². The lowest BCUT2D eigenvalue weighted by Gasteiger charge is -2.63. The third-order valence-corrected chi connectivity index (χ3v) is 22.0. The van der Waals surface area contributed by atoms with Crippen LogP contribution in [-0.2, 0) is 81.0 Å². The van der Waals surface area contributed by atoms with Gasteiger partial charge in [0.2, 0.25) is 0 Å². The molecule has 12 N–H and O–H groups in total. The molecule has 6 saturated heterocycles. The number of Topliss-reactive ketones (excluding diaryl/α,β-unsaturated/α-hetero) is 1. The summed E-state index contributed by atoms with van der Waals surface area (Å²) in [6.07, 6.45) is -34.0. The second-order valence-electron chi connectivity index (χ2n) is 27.3. The Morgan fingerprint density at radius 2 is 1.26 bits per heavy atom. The number of rotatable bonds is 17. The molecule has 0 aromatic heterocycles. The number of hydrogen-bond acceptors (Lipinski definition) is 28. The van der Waals surface area contributed by atoms with Crippen LogP contribution < -0.4 is 0 Å². The number of hydrogen-bond donors (Lipinski definition) is 12. The highest BCUT2D eigenvalue weighted by Crippen LogP contribution is 2.75. The lowest BCUT2D eigenvalue weighted by Crippen LogP contribution is -2.68. The molecule has 4 unspecified atom stereocenters. The van der Waals surface area contributed by atoms with Gasteiger partial charge in [-0.1, -0.05) is 51.0 Å². The molecule has 30 heteroatoms. The summed E-state index contributed by atoms with van der Waals surface area (Å²) >= 11 is 0. The first-order valence-electron chi connectivity index (χ1n) is 30.3.